The molecule has 1 amide bonds. The molecule has 3 N–H and O–H groups in total. The van der Waals surface area contributed by atoms with Crippen molar-refractivity contribution < 1.29 is 9.90 Å². The third-order valence-corrected chi connectivity index (χ3v) is 3.22. The molecule has 0 aliphatic carbocycles. The zero-order chi connectivity index (χ0) is 15.3. The number of nitrogens with two attached hydrogens (primary N) is 1. The highest BCUT2D eigenvalue weighted by Crippen LogP contribution is 2.25. The van der Waals surface area contributed by atoms with Crippen molar-refractivity contribution in [2.75, 3.05) is 13.6 Å². The van der Waals surface area contributed by atoms with Gasteiger partial charge in [-0.05, 0) is 29.5 Å². The maximum atomic E-state index is 12.4. The van der Waals surface area contributed by atoms with Crippen molar-refractivity contribution in [1.29, 1.82) is 0 Å². The highest BCUT2D eigenvalue weighted by molar-refractivity contribution is 5.78. The molecular formula is C16H26N2O2. The first-order valence-electron chi connectivity index (χ1n) is 6.96. The Morgan fingerprint density at radius 1 is 1.30 bits per heavy atom. The summed E-state index contributed by atoms with van der Waals surface area (Å²) in [5.74, 6) is 0.169. The molecule has 1 rings (SSSR count). The Morgan fingerprint density at radius 3 is 2.30 bits per heavy atom. The smallest absolute Gasteiger partial charge is 0.227 e. The fourth-order valence-corrected chi connectivity index (χ4v) is 2.28. The predicted octanol–water partition coefficient (Wildman–Crippen LogP) is 2.36. The van der Waals surface area contributed by atoms with Gasteiger partial charge >= 0.3 is 0 Å². The van der Waals surface area contributed by atoms with Crippen molar-refractivity contribution in [2.24, 2.45) is 17.1 Å². The SMILES string of the molecule is CN(Cc1ccc(O)cc1)C(=O)C(CN)CC(C)(C)C. The van der Waals surface area contributed by atoms with E-state index in [1.54, 1.807) is 24.1 Å². The van der Waals surface area contributed by atoms with Crippen molar-refractivity contribution in [2.45, 2.75) is 33.7 Å². The van der Waals surface area contributed by atoms with Gasteiger partial charge in [0.05, 0.1) is 5.92 Å². The van der Waals surface area contributed by atoms with Gasteiger partial charge in [-0.1, -0.05) is 32.9 Å². The fraction of sp³-hybridized carbons (Fsp3) is 0.562. The van der Waals surface area contributed by atoms with E-state index in [4.69, 9.17) is 5.73 Å². The van der Waals surface area contributed by atoms with Gasteiger partial charge in [0.1, 0.15) is 5.75 Å². The second kappa shape index (κ2) is 6.75. The molecular weight excluding hydrogens is 252 g/mol. The predicted molar refractivity (Wildman–Crippen MR) is 81.2 cm³/mol. The maximum Gasteiger partial charge on any atom is 0.227 e. The average Bonchev–Trinajstić information content (AvgIpc) is 2.36. The van der Waals surface area contributed by atoms with E-state index >= 15 is 0 Å². The molecule has 4 heteroatoms. The fourth-order valence-electron chi connectivity index (χ4n) is 2.28. The van der Waals surface area contributed by atoms with E-state index in [1.165, 1.54) is 0 Å². The Morgan fingerprint density at radius 2 is 1.85 bits per heavy atom. The molecule has 0 radical (unpaired) electrons. The molecule has 0 aromatic heterocycles. The number of carbonyl (C=O) groups is 1. The van der Waals surface area contributed by atoms with Crippen molar-refractivity contribution in [3.8, 4) is 5.75 Å². The molecule has 0 aliphatic rings. The summed E-state index contributed by atoms with van der Waals surface area (Å²) in [7, 11) is 1.79. The summed E-state index contributed by atoms with van der Waals surface area (Å²) >= 11 is 0. The first-order valence-corrected chi connectivity index (χ1v) is 6.96. The summed E-state index contributed by atoms with van der Waals surface area (Å²) in [4.78, 5) is 14.1. The second-order valence-corrected chi connectivity index (χ2v) is 6.56. The van der Waals surface area contributed by atoms with Gasteiger partial charge in [-0.15, -0.1) is 0 Å². The van der Waals surface area contributed by atoms with Crippen LogP contribution < -0.4 is 5.73 Å². The largest absolute Gasteiger partial charge is 0.508 e. The molecule has 0 bridgehead atoms. The second-order valence-electron chi connectivity index (χ2n) is 6.56. The van der Waals surface area contributed by atoms with Crippen LogP contribution in [0.1, 0.15) is 32.8 Å². The van der Waals surface area contributed by atoms with Crippen LogP contribution >= 0.6 is 0 Å². The standard InChI is InChI=1S/C16H26N2O2/c1-16(2,3)9-13(10-17)15(20)18(4)11-12-5-7-14(19)8-6-12/h5-8,13,19H,9-11,17H2,1-4H3. The topological polar surface area (TPSA) is 66.6 Å². The Balaban J connectivity index is 2.67. The first-order chi connectivity index (χ1) is 9.23. The van der Waals surface area contributed by atoms with Gasteiger partial charge in [-0.3, -0.25) is 4.79 Å². The van der Waals surface area contributed by atoms with Crippen LogP contribution in [0, 0.1) is 11.3 Å². The van der Waals surface area contributed by atoms with Gasteiger partial charge in [0.2, 0.25) is 5.91 Å². The highest BCUT2D eigenvalue weighted by Gasteiger charge is 2.26. The number of nitrogens with zero attached hydrogens (tertiary/aromatic N) is 1. The summed E-state index contributed by atoms with van der Waals surface area (Å²) in [6.45, 7) is 7.24. The van der Waals surface area contributed by atoms with Crippen LogP contribution in [0.2, 0.25) is 0 Å². The molecule has 1 aromatic carbocycles. The summed E-state index contributed by atoms with van der Waals surface area (Å²) in [6, 6.07) is 6.90. The number of phenols is 1. The normalized spacial score (nSPS) is 13.1. The van der Waals surface area contributed by atoms with Crippen LogP contribution in [0.4, 0.5) is 0 Å². The number of benzene rings is 1. The average molecular weight is 278 g/mol. The van der Waals surface area contributed by atoms with Crippen LogP contribution in [0.25, 0.3) is 0 Å². The Labute approximate surface area is 121 Å². The van der Waals surface area contributed by atoms with Gasteiger partial charge in [-0.25, -0.2) is 0 Å². The van der Waals surface area contributed by atoms with Gasteiger partial charge in [-0.2, -0.15) is 0 Å². The quantitative estimate of drug-likeness (QED) is 0.869. The summed E-state index contributed by atoms with van der Waals surface area (Å²) < 4.78 is 0. The molecule has 1 atom stereocenters. The van der Waals surface area contributed by atoms with E-state index in [1.807, 2.05) is 12.1 Å². The molecule has 0 fully saturated rings. The number of phenolic OH excluding ortho intramolecular Hbond substituents is 1. The van der Waals surface area contributed by atoms with Gasteiger partial charge in [0.15, 0.2) is 0 Å². The van der Waals surface area contributed by atoms with E-state index in [-0.39, 0.29) is 23.0 Å². The summed E-state index contributed by atoms with van der Waals surface area (Å²) in [6.07, 6.45) is 0.780. The third kappa shape index (κ3) is 5.21. The zero-order valence-corrected chi connectivity index (χ0v) is 12.9. The van der Waals surface area contributed by atoms with Gasteiger partial charge in [0.25, 0.3) is 0 Å². The van der Waals surface area contributed by atoms with Crippen LogP contribution in [0.3, 0.4) is 0 Å². The molecule has 112 valence electrons. The summed E-state index contributed by atoms with van der Waals surface area (Å²) in [5, 5.41) is 9.26. The number of hydrogen-bond acceptors (Lipinski definition) is 3. The molecule has 1 unspecified atom stereocenters. The van der Waals surface area contributed by atoms with Crippen molar-refractivity contribution in [1.82, 2.24) is 4.90 Å². The monoisotopic (exact) mass is 278 g/mol. The lowest BCUT2D eigenvalue weighted by Crippen LogP contribution is -2.38. The number of carbonyl (C=O) groups excluding carboxylic acids is 1. The molecule has 1 aromatic rings. The molecule has 0 saturated heterocycles. The van der Waals surface area contributed by atoms with E-state index < -0.39 is 0 Å². The first kappa shape index (κ1) is 16.5. The van der Waals surface area contributed by atoms with E-state index in [2.05, 4.69) is 20.8 Å². The molecule has 20 heavy (non-hydrogen) atoms. The molecule has 0 spiro atoms. The molecule has 0 heterocycles. The Kier molecular flexibility index (Phi) is 5.57. The Bertz CT molecular complexity index is 435. The lowest BCUT2D eigenvalue weighted by Gasteiger charge is -2.28. The lowest BCUT2D eigenvalue weighted by molar-refractivity contribution is -0.135. The van der Waals surface area contributed by atoms with E-state index in [0.29, 0.717) is 13.1 Å². The minimum absolute atomic E-state index is 0.0792. The van der Waals surface area contributed by atoms with E-state index in [9.17, 15) is 9.90 Å². The van der Waals surface area contributed by atoms with Crippen molar-refractivity contribution >= 4 is 5.91 Å². The van der Waals surface area contributed by atoms with Crippen molar-refractivity contribution in [3.05, 3.63) is 29.8 Å². The van der Waals surface area contributed by atoms with Crippen LogP contribution in [-0.2, 0) is 11.3 Å². The Hall–Kier alpha value is -1.55. The molecule has 0 saturated carbocycles. The number of hydrogen-bond donors (Lipinski definition) is 2. The van der Waals surface area contributed by atoms with Crippen LogP contribution in [0.15, 0.2) is 24.3 Å². The van der Waals surface area contributed by atoms with E-state index in [0.717, 1.165) is 12.0 Å². The third-order valence-electron chi connectivity index (χ3n) is 3.22. The minimum Gasteiger partial charge on any atom is -0.508 e. The molecule has 4 nitrogen and oxygen atoms in total. The van der Waals surface area contributed by atoms with Crippen LogP contribution in [0.5, 0.6) is 5.75 Å². The van der Waals surface area contributed by atoms with Gasteiger partial charge in [0, 0.05) is 20.1 Å². The lowest BCUT2D eigenvalue weighted by atomic mass is 9.84. The minimum atomic E-state index is -0.142. The summed E-state index contributed by atoms with van der Waals surface area (Å²) in [5.41, 5.74) is 6.82. The number of rotatable bonds is 5. The number of aromatic hydroxyl groups is 1. The van der Waals surface area contributed by atoms with Gasteiger partial charge < -0.3 is 15.7 Å². The highest BCUT2D eigenvalue weighted by atomic mass is 16.3. The maximum absolute atomic E-state index is 12.4. The van der Waals surface area contributed by atoms with Crippen molar-refractivity contribution in [3.63, 3.8) is 0 Å². The molecule has 0 aliphatic heterocycles. The van der Waals surface area contributed by atoms with Crippen LogP contribution in [-0.4, -0.2) is 29.5 Å². The zero-order valence-electron chi connectivity index (χ0n) is 12.9. The number of amides is 1.